The molecule has 0 spiro atoms. The van der Waals surface area contributed by atoms with E-state index in [0.717, 1.165) is 24.1 Å². The Morgan fingerprint density at radius 3 is 2.52 bits per heavy atom. The molecule has 0 bridgehead atoms. The van der Waals surface area contributed by atoms with Crippen LogP contribution in [0.4, 0.5) is 10.5 Å². The standard InChI is InChI=1S/C25H32N2O4/c1-25(2,3)31-24(29)26-15-9-12-20(18-26)23(28)27(17-19-10-6-5-7-11-19)21-13-8-14-22(16-21)30-4/h5-8,10-11,13-14,16,20H,9,12,15,17-18H2,1-4H3. The van der Waals surface area contributed by atoms with E-state index >= 15 is 0 Å². The Morgan fingerprint density at radius 2 is 1.84 bits per heavy atom. The van der Waals surface area contributed by atoms with Crippen LogP contribution in [0.3, 0.4) is 0 Å². The zero-order valence-corrected chi connectivity index (χ0v) is 18.8. The number of hydrogen-bond acceptors (Lipinski definition) is 4. The number of benzene rings is 2. The van der Waals surface area contributed by atoms with E-state index in [1.165, 1.54) is 0 Å². The molecule has 0 N–H and O–H groups in total. The monoisotopic (exact) mass is 424 g/mol. The Hall–Kier alpha value is -3.02. The first-order chi connectivity index (χ1) is 14.8. The van der Waals surface area contributed by atoms with E-state index in [9.17, 15) is 9.59 Å². The van der Waals surface area contributed by atoms with Crippen LogP contribution < -0.4 is 9.64 Å². The van der Waals surface area contributed by atoms with E-state index < -0.39 is 5.60 Å². The maximum Gasteiger partial charge on any atom is 0.410 e. The van der Waals surface area contributed by atoms with Crippen LogP contribution in [0.1, 0.15) is 39.2 Å². The van der Waals surface area contributed by atoms with Gasteiger partial charge in [-0.1, -0.05) is 36.4 Å². The largest absolute Gasteiger partial charge is 0.497 e. The topological polar surface area (TPSA) is 59.1 Å². The lowest BCUT2D eigenvalue weighted by molar-refractivity contribution is -0.124. The fraction of sp³-hybridized carbons (Fsp3) is 0.440. The highest BCUT2D eigenvalue weighted by atomic mass is 16.6. The normalized spacial score (nSPS) is 16.5. The molecule has 166 valence electrons. The number of nitrogens with zero attached hydrogens (tertiary/aromatic N) is 2. The van der Waals surface area contributed by atoms with E-state index in [-0.39, 0.29) is 17.9 Å². The molecule has 1 aliphatic rings. The molecule has 1 unspecified atom stereocenters. The zero-order chi connectivity index (χ0) is 22.4. The third kappa shape index (κ3) is 6.23. The van der Waals surface area contributed by atoms with Gasteiger partial charge in [-0.25, -0.2) is 4.79 Å². The SMILES string of the molecule is COc1cccc(N(Cc2ccccc2)C(=O)C2CCCN(C(=O)OC(C)(C)C)C2)c1. The van der Waals surface area contributed by atoms with Gasteiger partial charge in [0.1, 0.15) is 11.4 Å². The van der Waals surface area contributed by atoms with Crippen molar-refractivity contribution in [2.45, 2.75) is 45.8 Å². The quantitative estimate of drug-likeness (QED) is 0.687. The smallest absolute Gasteiger partial charge is 0.410 e. The predicted octanol–water partition coefficient (Wildman–Crippen LogP) is 4.88. The summed E-state index contributed by atoms with van der Waals surface area (Å²) < 4.78 is 10.9. The van der Waals surface area contributed by atoms with Crippen molar-refractivity contribution < 1.29 is 19.1 Å². The fourth-order valence-corrected chi connectivity index (χ4v) is 3.73. The molecule has 0 saturated carbocycles. The van der Waals surface area contributed by atoms with Crippen molar-refractivity contribution in [2.75, 3.05) is 25.1 Å². The van der Waals surface area contributed by atoms with Gasteiger partial charge >= 0.3 is 6.09 Å². The zero-order valence-electron chi connectivity index (χ0n) is 18.8. The number of carbonyl (C=O) groups excluding carboxylic acids is 2. The lowest BCUT2D eigenvalue weighted by Crippen LogP contribution is -2.48. The molecular formula is C25H32N2O4. The second-order valence-electron chi connectivity index (χ2n) is 8.88. The van der Waals surface area contributed by atoms with Gasteiger partial charge in [0.2, 0.25) is 5.91 Å². The molecule has 6 nitrogen and oxygen atoms in total. The minimum Gasteiger partial charge on any atom is -0.497 e. The van der Waals surface area contributed by atoms with E-state index in [4.69, 9.17) is 9.47 Å². The fourth-order valence-electron chi connectivity index (χ4n) is 3.73. The van der Waals surface area contributed by atoms with Crippen LogP contribution in [-0.2, 0) is 16.1 Å². The van der Waals surface area contributed by atoms with Crippen molar-refractivity contribution >= 4 is 17.7 Å². The van der Waals surface area contributed by atoms with Gasteiger partial charge in [-0.2, -0.15) is 0 Å². The number of ether oxygens (including phenoxy) is 2. The van der Waals surface area contributed by atoms with Crippen LogP contribution in [0, 0.1) is 5.92 Å². The number of anilines is 1. The molecular weight excluding hydrogens is 392 g/mol. The third-order valence-corrected chi connectivity index (χ3v) is 5.24. The van der Waals surface area contributed by atoms with Crippen LogP contribution in [0.25, 0.3) is 0 Å². The van der Waals surface area contributed by atoms with Gasteiger partial charge in [0.15, 0.2) is 0 Å². The predicted molar refractivity (Wildman–Crippen MR) is 121 cm³/mol. The molecule has 31 heavy (non-hydrogen) atoms. The van der Waals surface area contributed by atoms with E-state index in [2.05, 4.69) is 0 Å². The Balaban J connectivity index is 1.82. The molecule has 1 atom stereocenters. The van der Waals surface area contributed by atoms with E-state index in [0.29, 0.717) is 25.4 Å². The van der Waals surface area contributed by atoms with Crippen LogP contribution in [0.2, 0.25) is 0 Å². The first kappa shape index (κ1) is 22.7. The van der Waals surface area contributed by atoms with E-state index in [1.807, 2.05) is 75.4 Å². The van der Waals surface area contributed by atoms with Crippen LogP contribution in [0.5, 0.6) is 5.75 Å². The van der Waals surface area contributed by atoms with Gasteiger partial charge < -0.3 is 19.3 Å². The van der Waals surface area contributed by atoms with Gasteiger partial charge in [-0.05, 0) is 51.3 Å². The average Bonchev–Trinajstić information content (AvgIpc) is 2.76. The molecule has 0 radical (unpaired) electrons. The summed E-state index contributed by atoms with van der Waals surface area (Å²) in [7, 11) is 1.61. The van der Waals surface area contributed by atoms with Gasteiger partial charge in [-0.15, -0.1) is 0 Å². The van der Waals surface area contributed by atoms with Crippen molar-refractivity contribution in [2.24, 2.45) is 5.92 Å². The highest BCUT2D eigenvalue weighted by Gasteiger charge is 2.33. The number of rotatable bonds is 5. The van der Waals surface area contributed by atoms with Crippen LogP contribution in [0.15, 0.2) is 54.6 Å². The van der Waals surface area contributed by atoms with Crippen molar-refractivity contribution in [1.82, 2.24) is 4.90 Å². The summed E-state index contributed by atoms with van der Waals surface area (Å²) in [4.78, 5) is 29.7. The second kappa shape index (κ2) is 9.86. The Bertz CT molecular complexity index is 892. The molecule has 1 saturated heterocycles. The molecule has 2 aromatic carbocycles. The van der Waals surface area contributed by atoms with Crippen molar-refractivity contribution in [1.29, 1.82) is 0 Å². The minimum atomic E-state index is -0.562. The molecule has 2 aromatic rings. The molecule has 3 rings (SSSR count). The van der Waals surface area contributed by atoms with Gasteiger partial charge in [0.25, 0.3) is 0 Å². The highest BCUT2D eigenvalue weighted by Crippen LogP contribution is 2.28. The minimum absolute atomic E-state index is 0.00497. The average molecular weight is 425 g/mol. The van der Waals surface area contributed by atoms with Gasteiger partial charge in [0.05, 0.1) is 19.6 Å². The van der Waals surface area contributed by atoms with Crippen molar-refractivity contribution in [3.8, 4) is 5.75 Å². The van der Waals surface area contributed by atoms with Crippen molar-refractivity contribution in [3.63, 3.8) is 0 Å². The maximum atomic E-state index is 13.7. The first-order valence-corrected chi connectivity index (χ1v) is 10.7. The van der Waals surface area contributed by atoms with E-state index in [1.54, 1.807) is 16.9 Å². The van der Waals surface area contributed by atoms with Crippen LogP contribution in [-0.4, -0.2) is 42.7 Å². The number of carbonyl (C=O) groups is 2. The molecule has 2 amide bonds. The summed E-state index contributed by atoms with van der Waals surface area (Å²) in [6.45, 7) is 6.97. The lowest BCUT2D eigenvalue weighted by atomic mass is 9.96. The molecule has 1 fully saturated rings. The lowest BCUT2D eigenvalue weighted by Gasteiger charge is -2.36. The van der Waals surface area contributed by atoms with Crippen LogP contribution >= 0.6 is 0 Å². The molecule has 0 aliphatic carbocycles. The number of likely N-dealkylation sites (tertiary alicyclic amines) is 1. The summed E-state index contributed by atoms with van der Waals surface area (Å²) in [5, 5.41) is 0. The number of methoxy groups -OCH3 is 1. The number of piperidine rings is 1. The van der Waals surface area contributed by atoms with Gasteiger partial charge in [0, 0.05) is 24.8 Å². The number of hydrogen-bond donors (Lipinski definition) is 0. The first-order valence-electron chi connectivity index (χ1n) is 10.7. The summed E-state index contributed by atoms with van der Waals surface area (Å²) in [5.41, 5.74) is 1.26. The number of amides is 2. The summed E-state index contributed by atoms with van der Waals surface area (Å²) in [6, 6.07) is 17.4. The van der Waals surface area contributed by atoms with Crippen molar-refractivity contribution in [3.05, 3.63) is 60.2 Å². The van der Waals surface area contributed by atoms with Gasteiger partial charge in [-0.3, -0.25) is 4.79 Å². The third-order valence-electron chi connectivity index (χ3n) is 5.24. The molecule has 1 heterocycles. The summed E-state index contributed by atoms with van der Waals surface area (Å²) >= 11 is 0. The summed E-state index contributed by atoms with van der Waals surface area (Å²) in [6.07, 6.45) is 1.15. The molecule has 6 heteroatoms. The molecule has 0 aromatic heterocycles. The highest BCUT2D eigenvalue weighted by molar-refractivity contribution is 5.95. The Morgan fingerprint density at radius 1 is 1.10 bits per heavy atom. The maximum absolute atomic E-state index is 13.7. The Labute approximate surface area is 184 Å². The molecule has 1 aliphatic heterocycles. The summed E-state index contributed by atoms with van der Waals surface area (Å²) in [5.74, 6) is 0.420. The second-order valence-corrected chi connectivity index (χ2v) is 8.88. The Kier molecular flexibility index (Phi) is 7.21.